The van der Waals surface area contributed by atoms with Crippen molar-refractivity contribution in [3.8, 4) is 17.3 Å². The fraction of sp³-hybridized carbons (Fsp3) is 0.464. The molecule has 1 fully saturated rings. The Morgan fingerprint density at radius 1 is 1.09 bits per heavy atom. The first-order valence-electron chi connectivity index (χ1n) is 12.6. The Kier molecular flexibility index (Phi) is 8.93. The largest absolute Gasteiger partial charge is 0.439 e. The summed E-state index contributed by atoms with van der Waals surface area (Å²) in [7, 11) is 0. The fourth-order valence-electron chi connectivity index (χ4n) is 4.57. The van der Waals surface area contributed by atoms with Crippen LogP contribution in [0, 0.1) is 13.8 Å². The van der Waals surface area contributed by atoms with E-state index in [1.54, 1.807) is 0 Å². The van der Waals surface area contributed by atoms with Crippen LogP contribution in [-0.2, 0) is 11.3 Å². The molecule has 1 unspecified atom stereocenters. The number of hydrogen-bond acceptors (Lipinski definition) is 6. The maximum atomic E-state index is 10.9. The highest BCUT2D eigenvalue weighted by Crippen LogP contribution is 2.32. The van der Waals surface area contributed by atoms with Crippen LogP contribution in [0.3, 0.4) is 0 Å². The molecule has 1 N–H and O–H groups in total. The Hall–Kier alpha value is -2.71. The molecule has 0 amide bonds. The lowest BCUT2D eigenvalue weighted by Gasteiger charge is -2.31. The van der Waals surface area contributed by atoms with Crippen molar-refractivity contribution in [1.82, 2.24) is 19.6 Å². The molecule has 7 nitrogen and oxygen atoms in total. The summed E-state index contributed by atoms with van der Waals surface area (Å²) < 4.78 is 13.8. The van der Waals surface area contributed by atoms with Gasteiger partial charge >= 0.3 is 0 Å². The third-order valence-corrected chi connectivity index (χ3v) is 6.31. The number of aliphatic hydroxyl groups is 1. The van der Waals surface area contributed by atoms with E-state index >= 15 is 0 Å². The maximum Gasteiger partial charge on any atom is 0.227 e. The minimum atomic E-state index is -0.426. The van der Waals surface area contributed by atoms with Crippen molar-refractivity contribution in [2.24, 2.45) is 0 Å². The van der Waals surface area contributed by atoms with E-state index < -0.39 is 6.10 Å². The van der Waals surface area contributed by atoms with Gasteiger partial charge in [0.25, 0.3) is 0 Å². The third-order valence-electron chi connectivity index (χ3n) is 6.31. The summed E-state index contributed by atoms with van der Waals surface area (Å²) in [6, 6.07) is 18.2. The van der Waals surface area contributed by atoms with Gasteiger partial charge in [-0.15, -0.1) is 0 Å². The summed E-state index contributed by atoms with van der Waals surface area (Å²) in [5.41, 5.74) is 4.08. The number of hydrogen-bond donors (Lipinski definition) is 1. The number of aryl methyl sites for hydroxylation is 2. The Labute approximate surface area is 208 Å². The number of benzene rings is 2. The number of ether oxygens (including phenoxy) is 2. The van der Waals surface area contributed by atoms with Crippen LogP contribution in [0.15, 0.2) is 54.6 Å². The van der Waals surface area contributed by atoms with E-state index in [9.17, 15) is 5.11 Å². The average Bonchev–Trinajstić information content (AvgIpc) is 3.15. The van der Waals surface area contributed by atoms with E-state index in [-0.39, 0.29) is 0 Å². The van der Waals surface area contributed by atoms with Gasteiger partial charge in [-0.1, -0.05) is 37.3 Å². The molecule has 4 rings (SSSR count). The first-order valence-corrected chi connectivity index (χ1v) is 12.6. The van der Waals surface area contributed by atoms with Crippen LogP contribution in [-0.4, -0.2) is 76.7 Å². The van der Waals surface area contributed by atoms with Crippen molar-refractivity contribution < 1.29 is 14.6 Å². The number of morpholine rings is 1. The Bertz CT molecular complexity index is 1060. The summed E-state index contributed by atoms with van der Waals surface area (Å²) in [5.74, 6) is 1.51. The van der Waals surface area contributed by atoms with Crippen molar-refractivity contribution in [3.63, 3.8) is 0 Å². The lowest BCUT2D eigenvalue weighted by Crippen LogP contribution is -2.44. The molecule has 1 aliphatic rings. The summed E-state index contributed by atoms with van der Waals surface area (Å²) in [5, 5.41) is 15.8. The molecular formula is C28H38N4O3. The van der Waals surface area contributed by atoms with Crippen molar-refractivity contribution in [2.75, 3.05) is 45.9 Å². The van der Waals surface area contributed by atoms with Crippen LogP contribution >= 0.6 is 0 Å². The highest BCUT2D eigenvalue weighted by atomic mass is 16.5. The standard InChI is InChI=1S/C28H38N4O3/c1-4-13-31(20-25(33)19-30-14-16-34-17-15-30)21-27-23(3)29-32(24-10-6-5-7-11-24)28(27)35-26-12-8-9-22(2)18-26/h5-12,18,25,33H,4,13-17,19-21H2,1-3H3. The molecule has 188 valence electrons. The molecule has 0 radical (unpaired) electrons. The highest BCUT2D eigenvalue weighted by Gasteiger charge is 2.23. The molecule has 0 spiro atoms. The number of nitrogens with zero attached hydrogens (tertiary/aromatic N) is 4. The lowest BCUT2D eigenvalue weighted by molar-refractivity contribution is 0.00622. The predicted molar refractivity (Wildman–Crippen MR) is 138 cm³/mol. The third kappa shape index (κ3) is 6.92. The zero-order valence-corrected chi connectivity index (χ0v) is 21.2. The zero-order valence-electron chi connectivity index (χ0n) is 21.2. The minimum Gasteiger partial charge on any atom is -0.439 e. The summed E-state index contributed by atoms with van der Waals surface area (Å²) >= 11 is 0. The van der Waals surface area contributed by atoms with Crippen LogP contribution in [0.1, 0.15) is 30.2 Å². The van der Waals surface area contributed by atoms with Gasteiger partial charge in [-0.3, -0.25) is 9.80 Å². The molecule has 0 bridgehead atoms. The smallest absolute Gasteiger partial charge is 0.227 e. The number of rotatable bonds is 11. The fourth-order valence-corrected chi connectivity index (χ4v) is 4.57. The van der Waals surface area contributed by atoms with Crippen LogP contribution in [0.25, 0.3) is 5.69 Å². The second kappa shape index (κ2) is 12.3. The minimum absolute atomic E-state index is 0.426. The second-order valence-electron chi connectivity index (χ2n) is 9.34. The molecule has 1 aliphatic heterocycles. The van der Waals surface area contributed by atoms with Crippen LogP contribution in [0.2, 0.25) is 0 Å². The van der Waals surface area contributed by atoms with Crippen molar-refractivity contribution >= 4 is 0 Å². The van der Waals surface area contributed by atoms with E-state index in [0.717, 1.165) is 73.4 Å². The van der Waals surface area contributed by atoms with E-state index in [1.807, 2.05) is 60.1 Å². The van der Waals surface area contributed by atoms with Gasteiger partial charge < -0.3 is 14.6 Å². The van der Waals surface area contributed by atoms with Gasteiger partial charge in [0, 0.05) is 32.7 Å². The maximum absolute atomic E-state index is 10.9. The summed E-state index contributed by atoms with van der Waals surface area (Å²) in [4.78, 5) is 4.59. The van der Waals surface area contributed by atoms with Gasteiger partial charge in [-0.05, 0) is 56.6 Å². The number of β-amino-alcohol motifs (C(OH)–C–C–N with tert-alkyl or cyclic N) is 1. The molecular weight excluding hydrogens is 440 g/mol. The van der Waals surface area contributed by atoms with Crippen LogP contribution < -0.4 is 4.74 Å². The van der Waals surface area contributed by atoms with Crippen LogP contribution in [0.4, 0.5) is 0 Å². The molecule has 3 aromatic rings. The van der Waals surface area contributed by atoms with Gasteiger partial charge in [0.1, 0.15) is 5.75 Å². The SMILES string of the molecule is CCCN(Cc1c(C)nn(-c2ccccc2)c1Oc1cccc(C)c1)CC(O)CN1CCOCC1. The van der Waals surface area contributed by atoms with Crippen molar-refractivity contribution in [1.29, 1.82) is 0 Å². The molecule has 2 heterocycles. The normalized spacial score (nSPS) is 15.5. The second-order valence-corrected chi connectivity index (χ2v) is 9.34. The molecule has 0 saturated carbocycles. The van der Waals surface area contributed by atoms with Crippen molar-refractivity contribution in [2.45, 2.75) is 39.8 Å². The van der Waals surface area contributed by atoms with Gasteiger partial charge in [0.05, 0.1) is 36.3 Å². The molecule has 7 heteroatoms. The predicted octanol–water partition coefficient (Wildman–Crippen LogP) is 4.19. The zero-order chi connectivity index (χ0) is 24.6. The van der Waals surface area contributed by atoms with E-state index in [0.29, 0.717) is 19.6 Å². The van der Waals surface area contributed by atoms with E-state index in [4.69, 9.17) is 14.6 Å². The van der Waals surface area contributed by atoms with Gasteiger partial charge in [0.15, 0.2) is 0 Å². The number of aromatic nitrogens is 2. The van der Waals surface area contributed by atoms with Crippen molar-refractivity contribution in [3.05, 3.63) is 71.4 Å². The van der Waals surface area contributed by atoms with Crippen LogP contribution in [0.5, 0.6) is 11.6 Å². The van der Waals surface area contributed by atoms with E-state index in [2.05, 4.69) is 29.7 Å². The van der Waals surface area contributed by atoms with Gasteiger partial charge in [0.2, 0.25) is 5.88 Å². The Morgan fingerprint density at radius 2 is 1.86 bits per heavy atom. The number of aliphatic hydroxyl groups excluding tert-OH is 1. The topological polar surface area (TPSA) is 63.0 Å². The van der Waals surface area contributed by atoms with E-state index in [1.165, 1.54) is 0 Å². The summed E-state index contributed by atoms with van der Waals surface area (Å²) in [6.45, 7) is 12.3. The molecule has 1 atom stereocenters. The molecule has 35 heavy (non-hydrogen) atoms. The Morgan fingerprint density at radius 3 is 2.57 bits per heavy atom. The summed E-state index contributed by atoms with van der Waals surface area (Å²) in [6.07, 6.45) is 0.579. The first kappa shape index (κ1) is 25.4. The lowest BCUT2D eigenvalue weighted by atomic mass is 10.2. The first-order chi connectivity index (χ1) is 17.0. The monoisotopic (exact) mass is 478 g/mol. The quantitative estimate of drug-likeness (QED) is 0.446. The molecule has 1 saturated heterocycles. The molecule has 1 aromatic heterocycles. The average molecular weight is 479 g/mol. The number of para-hydroxylation sites is 1. The van der Waals surface area contributed by atoms with Gasteiger partial charge in [-0.25, -0.2) is 4.68 Å². The van der Waals surface area contributed by atoms with Gasteiger partial charge in [-0.2, -0.15) is 5.10 Å². The molecule has 0 aliphatic carbocycles. The highest BCUT2D eigenvalue weighted by molar-refractivity contribution is 5.43. The molecule has 2 aromatic carbocycles. The Balaban J connectivity index is 1.59.